The monoisotopic (exact) mass is 191 g/mol. The first-order valence-electron chi connectivity index (χ1n) is 4.40. The maximum atomic E-state index is 12.9. The Kier molecular flexibility index (Phi) is 2.26. The highest BCUT2D eigenvalue weighted by atomic mass is 19.1. The lowest BCUT2D eigenvalue weighted by atomic mass is 10.0. The van der Waals surface area contributed by atoms with E-state index >= 15 is 0 Å². The van der Waals surface area contributed by atoms with Crippen molar-refractivity contribution >= 4 is 11.5 Å². The van der Waals surface area contributed by atoms with Gasteiger partial charge in [0.05, 0.1) is 5.71 Å². The van der Waals surface area contributed by atoms with E-state index in [2.05, 4.69) is 10.2 Å². The molecule has 1 aromatic carbocycles. The van der Waals surface area contributed by atoms with Gasteiger partial charge in [0.15, 0.2) is 0 Å². The molecule has 0 unspecified atom stereocenters. The van der Waals surface area contributed by atoms with Crippen LogP contribution in [0.1, 0.15) is 18.4 Å². The van der Waals surface area contributed by atoms with Crippen molar-refractivity contribution in [1.29, 1.82) is 0 Å². The van der Waals surface area contributed by atoms with E-state index in [1.165, 1.54) is 12.1 Å². The molecule has 14 heavy (non-hydrogen) atoms. The Morgan fingerprint density at radius 2 is 2.07 bits per heavy atom. The molecule has 72 valence electrons. The van der Waals surface area contributed by atoms with Crippen LogP contribution in [0, 0.1) is 5.82 Å². The predicted molar refractivity (Wildman–Crippen MR) is 53.8 cm³/mol. The van der Waals surface area contributed by atoms with Crippen LogP contribution in [0.4, 0.5) is 4.39 Å². The molecule has 0 bridgehead atoms. The van der Waals surface area contributed by atoms with Crippen LogP contribution in [0.5, 0.6) is 0 Å². The van der Waals surface area contributed by atoms with Crippen molar-refractivity contribution in [2.45, 2.75) is 12.8 Å². The summed E-state index contributed by atoms with van der Waals surface area (Å²) in [6.07, 6.45) is 1.41. The Morgan fingerprint density at radius 3 is 2.71 bits per heavy atom. The third-order valence-electron chi connectivity index (χ3n) is 2.07. The zero-order chi connectivity index (χ0) is 9.97. The van der Waals surface area contributed by atoms with E-state index in [-0.39, 0.29) is 5.82 Å². The second-order valence-corrected chi connectivity index (χ2v) is 3.15. The minimum atomic E-state index is -0.257. The molecule has 3 nitrogen and oxygen atoms in total. The van der Waals surface area contributed by atoms with Crippen molar-refractivity contribution in [3.05, 3.63) is 35.6 Å². The van der Waals surface area contributed by atoms with E-state index in [0.29, 0.717) is 12.3 Å². The van der Waals surface area contributed by atoms with Crippen LogP contribution >= 0.6 is 0 Å². The van der Waals surface area contributed by atoms with Crippen LogP contribution in [0.25, 0.3) is 0 Å². The number of nitrogens with zero attached hydrogens (tertiary/aromatic N) is 2. The molecular weight excluding hydrogens is 181 g/mol. The fraction of sp³-hybridized carbons (Fsp3) is 0.200. The highest BCUT2D eigenvalue weighted by molar-refractivity contribution is 6.04. The number of benzene rings is 1. The quantitative estimate of drug-likeness (QED) is 0.721. The predicted octanol–water partition coefficient (Wildman–Crippen LogP) is 1.68. The highest BCUT2D eigenvalue weighted by Gasteiger charge is 2.09. The molecule has 0 radical (unpaired) electrons. The highest BCUT2D eigenvalue weighted by Crippen LogP contribution is 2.12. The molecule has 0 fully saturated rings. The van der Waals surface area contributed by atoms with Gasteiger partial charge in [-0.1, -0.05) is 12.1 Å². The zero-order valence-electron chi connectivity index (χ0n) is 7.57. The molecule has 2 N–H and O–H groups in total. The van der Waals surface area contributed by atoms with Crippen molar-refractivity contribution in [3.63, 3.8) is 0 Å². The number of rotatable bonds is 1. The van der Waals surface area contributed by atoms with E-state index in [1.807, 2.05) is 6.07 Å². The Hall–Kier alpha value is -1.71. The topological polar surface area (TPSA) is 50.7 Å². The standard InChI is InChI=1S/C10H10FN3/c11-8-3-1-2-7(6-8)9-4-5-10(12)14-13-9/h1-3,6H,4-5H2,(H2,12,14). The molecule has 1 aromatic rings. The van der Waals surface area contributed by atoms with Crippen LogP contribution in [0.2, 0.25) is 0 Å². The van der Waals surface area contributed by atoms with Crippen molar-refractivity contribution in [3.8, 4) is 0 Å². The number of amidine groups is 1. The lowest BCUT2D eigenvalue weighted by Crippen LogP contribution is -2.17. The summed E-state index contributed by atoms with van der Waals surface area (Å²) in [4.78, 5) is 0. The second kappa shape index (κ2) is 3.57. The normalized spacial score (nSPS) is 16.1. The summed E-state index contributed by atoms with van der Waals surface area (Å²) in [5, 5.41) is 7.71. The van der Waals surface area contributed by atoms with E-state index in [4.69, 9.17) is 5.73 Å². The largest absolute Gasteiger partial charge is 0.386 e. The lowest BCUT2D eigenvalue weighted by Gasteiger charge is -2.09. The van der Waals surface area contributed by atoms with Crippen LogP contribution in [-0.2, 0) is 0 Å². The van der Waals surface area contributed by atoms with Gasteiger partial charge in [-0.3, -0.25) is 0 Å². The molecule has 0 aromatic heterocycles. The minimum Gasteiger partial charge on any atom is -0.386 e. The summed E-state index contributed by atoms with van der Waals surface area (Å²) in [6.45, 7) is 0. The summed E-state index contributed by atoms with van der Waals surface area (Å²) in [7, 11) is 0. The smallest absolute Gasteiger partial charge is 0.123 e. The number of halogens is 1. The summed E-state index contributed by atoms with van der Waals surface area (Å²) in [5.41, 5.74) is 7.04. The van der Waals surface area contributed by atoms with E-state index < -0.39 is 0 Å². The van der Waals surface area contributed by atoms with Crippen molar-refractivity contribution in [2.24, 2.45) is 15.9 Å². The van der Waals surface area contributed by atoms with Gasteiger partial charge in [-0.05, 0) is 18.6 Å². The Labute approximate surface area is 81.2 Å². The zero-order valence-corrected chi connectivity index (χ0v) is 7.57. The van der Waals surface area contributed by atoms with E-state index in [0.717, 1.165) is 17.7 Å². The summed E-state index contributed by atoms with van der Waals surface area (Å²) in [6, 6.07) is 6.34. The van der Waals surface area contributed by atoms with Gasteiger partial charge in [-0.25, -0.2) is 4.39 Å². The molecule has 4 heteroatoms. The molecule has 1 aliphatic rings. The summed E-state index contributed by atoms with van der Waals surface area (Å²) in [5.74, 6) is 0.276. The van der Waals surface area contributed by atoms with Crippen LogP contribution in [-0.4, -0.2) is 11.5 Å². The van der Waals surface area contributed by atoms with Crippen LogP contribution in [0.15, 0.2) is 34.5 Å². The average Bonchev–Trinajstić information content (AvgIpc) is 2.19. The van der Waals surface area contributed by atoms with Gasteiger partial charge in [0.1, 0.15) is 11.7 Å². The van der Waals surface area contributed by atoms with Crippen molar-refractivity contribution in [1.82, 2.24) is 0 Å². The lowest BCUT2D eigenvalue weighted by molar-refractivity contribution is 0.627. The van der Waals surface area contributed by atoms with Gasteiger partial charge in [-0.2, -0.15) is 5.10 Å². The first-order valence-corrected chi connectivity index (χ1v) is 4.40. The third kappa shape index (κ3) is 1.79. The fourth-order valence-corrected chi connectivity index (χ4v) is 1.34. The molecule has 0 saturated carbocycles. The third-order valence-corrected chi connectivity index (χ3v) is 2.07. The number of hydrogen-bond acceptors (Lipinski definition) is 3. The maximum absolute atomic E-state index is 12.9. The van der Waals surface area contributed by atoms with Gasteiger partial charge >= 0.3 is 0 Å². The van der Waals surface area contributed by atoms with Crippen LogP contribution in [0.3, 0.4) is 0 Å². The molecule has 0 spiro atoms. The van der Waals surface area contributed by atoms with Crippen molar-refractivity contribution in [2.75, 3.05) is 0 Å². The van der Waals surface area contributed by atoms with Crippen molar-refractivity contribution < 1.29 is 4.39 Å². The molecule has 2 rings (SSSR count). The maximum Gasteiger partial charge on any atom is 0.123 e. The minimum absolute atomic E-state index is 0.257. The molecular formula is C10H10FN3. The van der Waals surface area contributed by atoms with Gasteiger partial charge in [0, 0.05) is 12.0 Å². The number of hydrogen-bond donors (Lipinski definition) is 1. The van der Waals surface area contributed by atoms with Gasteiger partial charge < -0.3 is 5.73 Å². The Morgan fingerprint density at radius 1 is 1.21 bits per heavy atom. The SMILES string of the molecule is NC1=NN=C(c2cccc(F)c2)CC1. The summed E-state index contributed by atoms with van der Waals surface area (Å²) < 4.78 is 12.9. The average molecular weight is 191 g/mol. The number of nitrogens with two attached hydrogens (primary N) is 1. The van der Waals surface area contributed by atoms with E-state index in [9.17, 15) is 4.39 Å². The molecule has 1 aliphatic heterocycles. The Bertz CT molecular complexity index is 410. The molecule has 1 heterocycles. The van der Waals surface area contributed by atoms with Gasteiger partial charge in [-0.15, -0.1) is 5.10 Å². The van der Waals surface area contributed by atoms with Gasteiger partial charge in [0.25, 0.3) is 0 Å². The fourth-order valence-electron chi connectivity index (χ4n) is 1.34. The molecule has 0 amide bonds. The first-order chi connectivity index (χ1) is 6.75. The van der Waals surface area contributed by atoms with E-state index in [1.54, 1.807) is 6.07 Å². The van der Waals surface area contributed by atoms with Gasteiger partial charge in [0.2, 0.25) is 0 Å². The Balaban J connectivity index is 2.32. The van der Waals surface area contributed by atoms with Crippen LogP contribution < -0.4 is 5.73 Å². The molecule has 0 atom stereocenters. The summed E-state index contributed by atoms with van der Waals surface area (Å²) >= 11 is 0. The first kappa shape index (κ1) is 8.87. The molecule has 0 aliphatic carbocycles. The second-order valence-electron chi connectivity index (χ2n) is 3.15. The molecule has 0 saturated heterocycles.